The van der Waals surface area contributed by atoms with Gasteiger partial charge in [-0.1, -0.05) is 24.8 Å². The van der Waals surface area contributed by atoms with Crippen molar-refractivity contribution in [2.24, 2.45) is 4.99 Å². The maximum atomic E-state index is 6.01. The van der Waals surface area contributed by atoms with Crippen molar-refractivity contribution in [2.45, 2.75) is 6.92 Å². The molecule has 0 atom stereocenters. The minimum atomic E-state index is 0.577. The van der Waals surface area contributed by atoms with Crippen LogP contribution in [-0.4, -0.2) is 96.4 Å². The number of H-pyrrole nitrogens is 1. The van der Waals surface area contributed by atoms with E-state index in [1.165, 1.54) is 0 Å². The molecule has 0 radical (unpaired) electrons. The molecule has 9 nitrogen and oxygen atoms in total. The fourth-order valence-electron chi connectivity index (χ4n) is 4.36. The van der Waals surface area contributed by atoms with Crippen molar-refractivity contribution in [3.63, 3.8) is 0 Å². The lowest BCUT2D eigenvalue weighted by atomic mass is 10.1. The van der Waals surface area contributed by atoms with Crippen LogP contribution in [0.5, 0.6) is 0 Å². The van der Waals surface area contributed by atoms with Crippen LogP contribution in [0.1, 0.15) is 6.92 Å². The summed E-state index contributed by atoms with van der Waals surface area (Å²) in [5.74, 6) is 1.98. The molecule has 0 saturated carbocycles. The summed E-state index contributed by atoms with van der Waals surface area (Å²) in [6.45, 7) is 13.7. The number of nitrogens with one attached hydrogen (secondary N) is 1. The topological polar surface area (TPSA) is 88.1 Å². The van der Waals surface area contributed by atoms with Gasteiger partial charge >= 0.3 is 0 Å². The first kappa shape index (κ1) is 23.5. The first-order valence-corrected chi connectivity index (χ1v) is 12.1. The number of fused-ring (bicyclic) bond motifs is 1. The molecule has 184 valence electrons. The van der Waals surface area contributed by atoms with E-state index in [9.17, 15) is 0 Å². The van der Waals surface area contributed by atoms with E-state index < -0.39 is 0 Å². The van der Waals surface area contributed by atoms with Crippen LogP contribution in [0, 0.1) is 0 Å². The number of nitrogens with zero attached hydrogens (tertiary/aromatic N) is 5. The van der Waals surface area contributed by atoms with Crippen LogP contribution in [0.25, 0.3) is 34.7 Å². The number of aromatic nitrogens is 3. The van der Waals surface area contributed by atoms with Crippen molar-refractivity contribution in [2.75, 3.05) is 65.8 Å². The van der Waals surface area contributed by atoms with E-state index >= 15 is 0 Å². The van der Waals surface area contributed by atoms with E-state index in [0.29, 0.717) is 36.9 Å². The van der Waals surface area contributed by atoms with Gasteiger partial charge in [-0.25, -0.2) is 9.97 Å². The Morgan fingerprint density at radius 3 is 2.66 bits per heavy atom. The number of aliphatic imine (C=N–C) groups is 1. The maximum absolute atomic E-state index is 6.01. The fraction of sp³-hybridized carbons (Fsp3) is 0.423. The average Bonchev–Trinajstić information content (AvgIpc) is 3.33. The van der Waals surface area contributed by atoms with Gasteiger partial charge in [-0.3, -0.25) is 4.90 Å². The molecular formula is C26H32N6O3. The predicted octanol–water partition coefficient (Wildman–Crippen LogP) is 1.20. The van der Waals surface area contributed by atoms with Gasteiger partial charge in [-0.2, -0.15) is 4.99 Å². The van der Waals surface area contributed by atoms with Gasteiger partial charge in [0.1, 0.15) is 12.0 Å². The number of hydrogen-bond acceptors (Lipinski definition) is 8. The van der Waals surface area contributed by atoms with Crippen LogP contribution in [0.4, 0.5) is 0 Å². The van der Waals surface area contributed by atoms with E-state index in [1.54, 1.807) is 6.20 Å². The second kappa shape index (κ2) is 11.0. The standard InChI is InChI=1S/C26H32N6O3/c1-19-17-28-25(22-18-27-23-6-4-3-5-21(22)23)30-24(19)26(32-10-14-34-15-11-32)29-20(2)35-16-9-31-7-12-33-13-8-31/h3-6,17-18,27H,1,7-16H2,2H3/b26-24-,29-20?. The second-order valence-electron chi connectivity index (χ2n) is 8.67. The first-order valence-electron chi connectivity index (χ1n) is 12.1. The van der Waals surface area contributed by atoms with Crippen LogP contribution < -0.4 is 10.6 Å². The van der Waals surface area contributed by atoms with Crippen LogP contribution in [-0.2, 0) is 14.2 Å². The third-order valence-electron chi connectivity index (χ3n) is 6.30. The zero-order valence-corrected chi connectivity index (χ0v) is 20.2. The van der Waals surface area contributed by atoms with Crippen LogP contribution in [0.15, 0.2) is 41.7 Å². The molecule has 0 spiro atoms. The Balaban J connectivity index is 1.48. The number of para-hydroxylation sites is 1. The normalized spacial score (nSPS) is 18.7. The van der Waals surface area contributed by atoms with Gasteiger partial charge in [0, 0.05) is 73.7 Å². The summed E-state index contributed by atoms with van der Waals surface area (Å²) < 4.78 is 17.0. The molecule has 0 aliphatic carbocycles. The van der Waals surface area contributed by atoms with Gasteiger partial charge < -0.3 is 24.1 Å². The number of benzene rings is 1. The van der Waals surface area contributed by atoms with Crippen molar-refractivity contribution < 1.29 is 14.2 Å². The van der Waals surface area contributed by atoms with Crippen molar-refractivity contribution >= 4 is 29.2 Å². The summed E-state index contributed by atoms with van der Waals surface area (Å²) in [5.41, 5.74) is 2.00. The van der Waals surface area contributed by atoms with Crippen molar-refractivity contribution in [1.82, 2.24) is 24.8 Å². The zero-order chi connectivity index (χ0) is 24.0. The molecule has 0 unspecified atom stereocenters. The Hall–Kier alpha value is -3.27. The van der Waals surface area contributed by atoms with Crippen molar-refractivity contribution in [1.29, 1.82) is 0 Å². The minimum absolute atomic E-state index is 0.577. The van der Waals surface area contributed by atoms with E-state index in [4.69, 9.17) is 24.2 Å². The summed E-state index contributed by atoms with van der Waals surface area (Å²) >= 11 is 0. The Morgan fingerprint density at radius 2 is 1.86 bits per heavy atom. The predicted molar refractivity (Wildman–Crippen MR) is 136 cm³/mol. The second-order valence-corrected chi connectivity index (χ2v) is 8.67. The highest BCUT2D eigenvalue weighted by Crippen LogP contribution is 2.24. The van der Waals surface area contributed by atoms with E-state index in [0.717, 1.165) is 73.4 Å². The number of hydrogen-bond donors (Lipinski definition) is 1. The lowest BCUT2D eigenvalue weighted by Gasteiger charge is -2.29. The maximum Gasteiger partial charge on any atom is 0.186 e. The molecular weight excluding hydrogens is 444 g/mol. The molecule has 0 amide bonds. The van der Waals surface area contributed by atoms with E-state index in [2.05, 4.69) is 32.4 Å². The minimum Gasteiger partial charge on any atom is -0.480 e. The lowest BCUT2D eigenvalue weighted by Crippen LogP contribution is -2.42. The van der Waals surface area contributed by atoms with Crippen LogP contribution >= 0.6 is 0 Å². The molecule has 35 heavy (non-hydrogen) atoms. The van der Waals surface area contributed by atoms with Gasteiger partial charge in [-0.05, 0) is 6.07 Å². The molecule has 3 aromatic rings. The van der Waals surface area contributed by atoms with Gasteiger partial charge in [0.05, 0.1) is 26.4 Å². The largest absolute Gasteiger partial charge is 0.480 e. The van der Waals surface area contributed by atoms with E-state index in [1.807, 2.05) is 31.3 Å². The molecule has 1 aromatic carbocycles. The van der Waals surface area contributed by atoms with Gasteiger partial charge in [0.15, 0.2) is 17.5 Å². The van der Waals surface area contributed by atoms with Crippen molar-refractivity contribution in [3.05, 3.63) is 47.2 Å². The highest BCUT2D eigenvalue weighted by atomic mass is 16.5. The molecule has 2 fully saturated rings. The Kier molecular flexibility index (Phi) is 7.37. The molecule has 5 rings (SSSR count). The zero-order valence-electron chi connectivity index (χ0n) is 20.2. The summed E-state index contributed by atoms with van der Waals surface area (Å²) in [4.78, 5) is 22.3. The molecule has 4 heterocycles. The molecule has 9 heteroatoms. The third-order valence-corrected chi connectivity index (χ3v) is 6.30. The molecule has 2 aromatic heterocycles. The Bertz CT molecular complexity index is 1290. The summed E-state index contributed by atoms with van der Waals surface area (Å²) in [5, 5.41) is 2.51. The molecule has 2 aliphatic rings. The van der Waals surface area contributed by atoms with Crippen LogP contribution in [0.3, 0.4) is 0 Å². The number of aromatic amines is 1. The fourth-order valence-corrected chi connectivity index (χ4v) is 4.36. The quantitative estimate of drug-likeness (QED) is 0.423. The molecule has 2 saturated heterocycles. The van der Waals surface area contributed by atoms with Crippen molar-refractivity contribution in [3.8, 4) is 11.4 Å². The smallest absolute Gasteiger partial charge is 0.186 e. The number of rotatable bonds is 6. The molecule has 1 N–H and O–H groups in total. The Labute approximate surface area is 204 Å². The Morgan fingerprint density at radius 1 is 1.11 bits per heavy atom. The van der Waals surface area contributed by atoms with Gasteiger partial charge in [-0.15, -0.1) is 0 Å². The third kappa shape index (κ3) is 5.53. The van der Waals surface area contributed by atoms with Crippen LogP contribution in [0.2, 0.25) is 0 Å². The monoisotopic (exact) mass is 476 g/mol. The van der Waals surface area contributed by atoms with Gasteiger partial charge in [0.25, 0.3) is 0 Å². The lowest BCUT2D eigenvalue weighted by molar-refractivity contribution is 0.0314. The summed E-state index contributed by atoms with van der Waals surface area (Å²) in [6, 6.07) is 8.14. The molecule has 2 aliphatic heterocycles. The molecule has 0 bridgehead atoms. The summed E-state index contributed by atoms with van der Waals surface area (Å²) in [6.07, 6.45) is 3.72. The highest BCUT2D eigenvalue weighted by molar-refractivity contribution is 5.93. The average molecular weight is 477 g/mol. The van der Waals surface area contributed by atoms with E-state index in [-0.39, 0.29) is 0 Å². The number of ether oxygens (including phenoxy) is 3. The SMILES string of the molecule is C=c1cnc(-c2c[nH]c3ccccc23)n/c1=C(/N=C(C)OCCN1CCOCC1)N1CCOCC1. The first-order chi connectivity index (χ1) is 17.2. The summed E-state index contributed by atoms with van der Waals surface area (Å²) in [7, 11) is 0. The number of morpholine rings is 2. The van der Waals surface area contributed by atoms with Gasteiger partial charge in [0.2, 0.25) is 0 Å². The highest BCUT2D eigenvalue weighted by Gasteiger charge is 2.17.